The van der Waals surface area contributed by atoms with E-state index in [9.17, 15) is 9.18 Å². The summed E-state index contributed by atoms with van der Waals surface area (Å²) in [6.45, 7) is 0. The first kappa shape index (κ1) is 14.4. The highest BCUT2D eigenvalue weighted by Crippen LogP contribution is 2.38. The molecule has 3 rings (SSSR count). The van der Waals surface area contributed by atoms with Crippen LogP contribution in [-0.4, -0.2) is 13.0 Å². The Bertz CT molecular complexity index is 712. The Morgan fingerprint density at radius 3 is 2.76 bits per heavy atom. The molecular formula is C16H12Cl2FNO. The second kappa shape index (κ2) is 5.32. The first-order valence-electron chi connectivity index (χ1n) is 6.46. The molecule has 2 aromatic carbocycles. The van der Waals surface area contributed by atoms with Crippen LogP contribution in [0.25, 0.3) is 0 Å². The van der Waals surface area contributed by atoms with E-state index in [4.69, 9.17) is 23.2 Å². The first-order valence-corrected chi connectivity index (χ1v) is 7.28. The zero-order chi connectivity index (χ0) is 15.1. The monoisotopic (exact) mass is 323 g/mol. The summed E-state index contributed by atoms with van der Waals surface area (Å²) in [4.78, 5) is 13.3. The van der Waals surface area contributed by atoms with E-state index in [2.05, 4.69) is 0 Å². The molecular weight excluding hydrogens is 312 g/mol. The largest absolute Gasteiger partial charge is 0.315 e. The number of anilines is 1. The van der Waals surface area contributed by atoms with Crippen LogP contribution < -0.4 is 4.90 Å². The van der Waals surface area contributed by atoms with E-state index in [0.29, 0.717) is 11.4 Å². The van der Waals surface area contributed by atoms with Gasteiger partial charge >= 0.3 is 0 Å². The molecule has 5 heteroatoms. The molecule has 0 aliphatic carbocycles. The molecule has 0 spiro atoms. The van der Waals surface area contributed by atoms with Gasteiger partial charge in [-0.2, -0.15) is 0 Å². The molecule has 0 saturated heterocycles. The van der Waals surface area contributed by atoms with E-state index in [-0.39, 0.29) is 11.5 Å². The van der Waals surface area contributed by atoms with Gasteiger partial charge in [0.15, 0.2) is 0 Å². The number of carbonyl (C=O) groups is 1. The van der Waals surface area contributed by atoms with E-state index in [0.717, 1.165) is 16.8 Å². The Balaban J connectivity index is 2.02. The highest BCUT2D eigenvalue weighted by Gasteiger charge is 2.26. The van der Waals surface area contributed by atoms with Crippen LogP contribution in [0.4, 0.5) is 10.1 Å². The lowest BCUT2D eigenvalue weighted by Gasteiger charge is -2.15. The van der Waals surface area contributed by atoms with Crippen molar-refractivity contribution in [2.45, 2.75) is 11.8 Å². The van der Waals surface area contributed by atoms with Gasteiger partial charge in [-0.05, 0) is 29.3 Å². The standard InChI is InChI=1S/C16H12Cl2FNO/c1-20-13-6-5-9(7-10(13)8-14(20)21)16(18)15-11(17)3-2-4-12(15)19/h2-7,16H,8H2,1H3. The number of hydrogen-bond acceptors (Lipinski definition) is 1. The van der Waals surface area contributed by atoms with Gasteiger partial charge in [0.2, 0.25) is 5.91 Å². The number of hydrogen-bond donors (Lipinski definition) is 0. The molecule has 2 nitrogen and oxygen atoms in total. The van der Waals surface area contributed by atoms with Crippen LogP contribution in [0.5, 0.6) is 0 Å². The third kappa shape index (κ3) is 2.41. The Kier molecular flexibility index (Phi) is 3.64. The summed E-state index contributed by atoms with van der Waals surface area (Å²) in [7, 11) is 1.74. The van der Waals surface area contributed by atoms with Gasteiger partial charge < -0.3 is 4.90 Å². The van der Waals surface area contributed by atoms with E-state index < -0.39 is 11.2 Å². The molecule has 1 unspecified atom stereocenters. The molecule has 0 fully saturated rings. The molecule has 0 N–H and O–H groups in total. The van der Waals surface area contributed by atoms with Crippen molar-refractivity contribution in [1.29, 1.82) is 0 Å². The number of nitrogens with zero attached hydrogens (tertiary/aromatic N) is 1. The normalized spacial score (nSPS) is 15.2. The molecule has 0 saturated carbocycles. The number of benzene rings is 2. The van der Waals surface area contributed by atoms with Gasteiger partial charge in [-0.3, -0.25) is 4.79 Å². The number of rotatable bonds is 2. The molecule has 0 radical (unpaired) electrons. The van der Waals surface area contributed by atoms with Crippen molar-refractivity contribution in [1.82, 2.24) is 0 Å². The predicted molar refractivity (Wildman–Crippen MR) is 82.7 cm³/mol. The number of halogens is 3. The average Bonchev–Trinajstić information content (AvgIpc) is 2.73. The number of fused-ring (bicyclic) bond motifs is 1. The van der Waals surface area contributed by atoms with Gasteiger partial charge in [-0.1, -0.05) is 29.8 Å². The summed E-state index contributed by atoms with van der Waals surface area (Å²) in [6, 6.07) is 9.97. The smallest absolute Gasteiger partial charge is 0.231 e. The second-order valence-electron chi connectivity index (χ2n) is 5.02. The van der Waals surface area contributed by atoms with E-state index in [1.807, 2.05) is 12.1 Å². The summed E-state index contributed by atoms with van der Waals surface area (Å²) in [5.41, 5.74) is 2.76. The average molecular weight is 324 g/mol. The Hall–Kier alpha value is -1.58. The SMILES string of the molecule is CN1C(=O)Cc2cc(C(Cl)c3c(F)cccc3Cl)ccc21. The molecule has 1 atom stereocenters. The fourth-order valence-corrected chi connectivity index (χ4v) is 3.25. The highest BCUT2D eigenvalue weighted by molar-refractivity contribution is 6.33. The summed E-state index contributed by atoms with van der Waals surface area (Å²) in [6.07, 6.45) is 0.342. The van der Waals surface area contributed by atoms with Crippen molar-refractivity contribution in [3.63, 3.8) is 0 Å². The van der Waals surface area contributed by atoms with Gasteiger partial charge in [-0.25, -0.2) is 4.39 Å². The van der Waals surface area contributed by atoms with Crippen LogP contribution in [0.1, 0.15) is 22.1 Å². The van der Waals surface area contributed by atoms with Crippen molar-refractivity contribution >= 4 is 34.8 Å². The number of likely N-dealkylation sites (N-methyl/N-ethyl adjacent to an activating group) is 1. The second-order valence-corrected chi connectivity index (χ2v) is 5.86. The van der Waals surface area contributed by atoms with Crippen LogP contribution in [0.15, 0.2) is 36.4 Å². The van der Waals surface area contributed by atoms with Crippen molar-refractivity contribution in [2.75, 3.05) is 11.9 Å². The molecule has 108 valence electrons. The Morgan fingerprint density at radius 2 is 2.05 bits per heavy atom. The molecule has 1 aliphatic heterocycles. The van der Waals surface area contributed by atoms with E-state index in [1.165, 1.54) is 6.07 Å². The van der Waals surface area contributed by atoms with Crippen LogP contribution in [0.3, 0.4) is 0 Å². The highest BCUT2D eigenvalue weighted by atomic mass is 35.5. The first-order chi connectivity index (χ1) is 9.99. The zero-order valence-corrected chi connectivity index (χ0v) is 12.7. The van der Waals surface area contributed by atoms with Crippen LogP contribution >= 0.6 is 23.2 Å². The van der Waals surface area contributed by atoms with Gasteiger partial charge in [0, 0.05) is 23.3 Å². The van der Waals surface area contributed by atoms with Crippen LogP contribution in [-0.2, 0) is 11.2 Å². The molecule has 1 heterocycles. The summed E-state index contributed by atoms with van der Waals surface area (Å²) in [5, 5.41) is -0.395. The number of alkyl halides is 1. The fraction of sp³-hybridized carbons (Fsp3) is 0.188. The lowest BCUT2D eigenvalue weighted by molar-refractivity contribution is -0.117. The maximum atomic E-state index is 14.0. The topological polar surface area (TPSA) is 20.3 Å². The molecule has 1 amide bonds. The van der Waals surface area contributed by atoms with Gasteiger partial charge in [0.1, 0.15) is 5.82 Å². The van der Waals surface area contributed by atoms with Crippen molar-refractivity contribution in [3.05, 3.63) is 63.9 Å². The minimum Gasteiger partial charge on any atom is -0.315 e. The minimum absolute atomic E-state index is 0.0391. The van der Waals surface area contributed by atoms with Gasteiger partial charge in [0.25, 0.3) is 0 Å². The summed E-state index contributed by atoms with van der Waals surface area (Å²) < 4.78 is 14.0. The molecule has 2 aromatic rings. The molecule has 21 heavy (non-hydrogen) atoms. The lowest BCUT2D eigenvalue weighted by Crippen LogP contribution is -2.20. The predicted octanol–water partition coefficient (Wildman–Crippen LogP) is 4.33. The maximum Gasteiger partial charge on any atom is 0.231 e. The Labute approximate surface area is 132 Å². The number of carbonyl (C=O) groups excluding carboxylic acids is 1. The lowest BCUT2D eigenvalue weighted by atomic mass is 10.0. The fourth-order valence-electron chi connectivity index (χ4n) is 2.57. The van der Waals surface area contributed by atoms with Crippen LogP contribution in [0, 0.1) is 5.82 Å². The molecule has 0 aromatic heterocycles. The molecule has 1 aliphatic rings. The molecule has 0 bridgehead atoms. The van der Waals surface area contributed by atoms with Gasteiger partial charge in [0.05, 0.1) is 11.8 Å². The van der Waals surface area contributed by atoms with Crippen molar-refractivity contribution in [2.24, 2.45) is 0 Å². The van der Waals surface area contributed by atoms with Crippen molar-refractivity contribution < 1.29 is 9.18 Å². The zero-order valence-electron chi connectivity index (χ0n) is 11.2. The third-order valence-corrected chi connectivity index (χ3v) is 4.53. The Morgan fingerprint density at radius 1 is 1.29 bits per heavy atom. The number of amides is 1. The summed E-state index contributed by atoms with van der Waals surface area (Å²) >= 11 is 12.4. The maximum absolute atomic E-state index is 14.0. The quantitative estimate of drug-likeness (QED) is 0.753. The summed E-state index contributed by atoms with van der Waals surface area (Å²) in [5.74, 6) is -0.395. The van der Waals surface area contributed by atoms with Gasteiger partial charge in [-0.15, -0.1) is 11.6 Å². The van der Waals surface area contributed by atoms with Crippen LogP contribution in [0.2, 0.25) is 5.02 Å². The minimum atomic E-state index is -0.690. The van der Waals surface area contributed by atoms with E-state index in [1.54, 1.807) is 30.1 Å². The van der Waals surface area contributed by atoms with Crippen molar-refractivity contribution in [3.8, 4) is 0 Å². The van der Waals surface area contributed by atoms with E-state index >= 15 is 0 Å². The third-order valence-electron chi connectivity index (χ3n) is 3.73.